The highest BCUT2D eigenvalue weighted by Gasteiger charge is 2.15. The van der Waals surface area contributed by atoms with E-state index in [1.807, 2.05) is 43.4 Å². The summed E-state index contributed by atoms with van der Waals surface area (Å²) >= 11 is 0. The predicted octanol–water partition coefficient (Wildman–Crippen LogP) is 3.69. The van der Waals surface area contributed by atoms with Crippen LogP contribution in [0.3, 0.4) is 0 Å². The van der Waals surface area contributed by atoms with Crippen LogP contribution in [0.1, 0.15) is 26.7 Å². The Morgan fingerprint density at radius 1 is 1.17 bits per heavy atom. The first-order valence-electron chi connectivity index (χ1n) is 8.13. The van der Waals surface area contributed by atoms with Crippen molar-refractivity contribution < 1.29 is 10.0 Å². The van der Waals surface area contributed by atoms with E-state index in [4.69, 9.17) is 0 Å². The van der Waals surface area contributed by atoms with Gasteiger partial charge in [0.05, 0.1) is 0 Å². The molecule has 0 atom stereocenters. The van der Waals surface area contributed by atoms with Crippen molar-refractivity contribution in [1.82, 2.24) is 0 Å². The van der Waals surface area contributed by atoms with Crippen molar-refractivity contribution >= 4 is 18.3 Å². The van der Waals surface area contributed by atoms with Gasteiger partial charge in [0.2, 0.25) is 0 Å². The second kappa shape index (κ2) is 10.5. The van der Waals surface area contributed by atoms with E-state index in [2.05, 4.69) is 31.1 Å². The van der Waals surface area contributed by atoms with E-state index in [1.165, 1.54) is 0 Å². The highest BCUT2D eigenvalue weighted by Crippen LogP contribution is 2.26. The SMILES string of the molecule is C=C/C=C\C(=C/C)N(/C(C=C)=C/CCC)c1ccc(B(O)O)cc1. The number of benzene rings is 1. The number of unbranched alkanes of at least 4 members (excludes halogenated alkanes) is 1. The molecule has 0 amide bonds. The molecule has 0 aliphatic carbocycles. The summed E-state index contributed by atoms with van der Waals surface area (Å²) in [7, 11) is -1.47. The maximum atomic E-state index is 9.28. The van der Waals surface area contributed by atoms with Crippen molar-refractivity contribution in [2.75, 3.05) is 4.90 Å². The summed E-state index contributed by atoms with van der Waals surface area (Å²) in [6.45, 7) is 11.8. The molecule has 0 saturated heterocycles. The zero-order valence-corrected chi connectivity index (χ0v) is 14.5. The quantitative estimate of drug-likeness (QED) is 0.538. The van der Waals surface area contributed by atoms with E-state index in [0.29, 0.717) is 5.46 Å². The van der Waals surface area contributed by atoms with Crippen LogP contribution in [-0.4, -0.2) is 17.2 Å². The van der Waals surface area contributed by atoms with Gasteiger partial charge >= 0.3 is 7.12 Å². The lowest BCUT2D eigenvalue weighted by Crippen LogP contribution is -2.30. The summed E-state index contributed by atoms with van der Waals surface area (Å²) in [6, 6.07) is 7.14. The first-order chi connectivity index (χ1) is 11.6. The molecule has 24 heavy (non-hydrogen) atoms. The second-order valence-corrected chi connectivity index (χ2v) is 5.23. The number of hydrogen-bond acceptors (Lipinski definition) is 3. The maximum Gasteiger partial charge on any atom is 0.488 e. The van der Waals surface area contributed by atoms with Gasteiger partial charge in [0, 0.05) is 17.1 Å². The average molecular weight is 323 g/mol. The van der Waals surface area contributed by atoms with Crippen molar-refractivity contribution in [2.45, 2.75) is 26.7 Å². The summed E-state index contributed by atoms with van der Waals surface area (Å²) < 4.78 is 0. The molecule has 0 saturated carbocycles. The highest BCUT2D eigenvalue weighted by atomic mass is 16.4. The molecule has 0 unspecified atom stereocenters. The number of anilines is 1. The van der Waals surface area contributed by atoms with Crippen LogP contribution < -0.4 is 10.4 Å². The smallest absolute Gasteiger partial charge is 0.423 e. The van der Waals surface area contributed by atoms with Gasteiger partial charge in [-0.15, -0.1) is 0 Å². The van der Waals surface area contributed by atoms with Crippen LogP contribution in [0.2, 0.25) is 0 Å². The average Bonchev–Trinajstić information content (AvgIpc) is 2.60. The van der Waals surface area contributed by atoms with Gasteiger partial charge in [-0.25, -0.2) is 0 Å². The Hall–Kier alpha value is -2.30. The minimum absolute atomic E-state index is 0.458. The largest absolute Gasteiger partial charge is 0.488 e. The topological polar surface area (TPSA) is 43.7 Å². The molecule has 0 aromatic heterocycles. The van der Waals surface area contributed by atoms with E-state index in [0.717, 1.165) is 29.9 Å². The van der Waals surface area contributed by atoms with E-state index in [9.17, 15) is 10.0 Å². The molecule has 0 fully saturated rings. The van der Waals surface area contributed by atoms with Crippen molar-refractivity contribution in [3.63, 3.8) is 0 Å². The summed E-state index contributed by atoms with van der Waals surface area (Å²) in [5, 5.41) is 18.6. The lowest BCUT2D eigenvalue weighted by molar-refractivity contribution is 0.426. The number of allylic oxidation sites excluding steroid dienone is 6. The number of hydrogen-bond donors (Lipinski definition) is 2. The molecule has 2 N–H and O–H groups in total. The Balaban J connectivity index is 3.38. The molecule has 126 valence electrons. The van der Waals surface area contributed by atoms with Crippen LogP contribution in [0.25, 0.3) is 0 Å². The molecule has 0 heterocycles. The van der Waals surface area contributed by atoms with Gasteiger partial charge in [-0.05, 0) is 43.1 Å². The Kier molecular flexibility index (Phi) is 8.62. The summed E-state index contributed by atoms with van der Waals surface area (Å²) in [4.78, 5) is 2.08. The molecule has 3 nitrogen and oxygen atoms in total. The molecule has 0 radical (unpaired) electrons. The van der Waals surface area contributed by atoms with Crippen LogP contribution in [0.15, 0.2) is 85.3 Å². The minimum Gasteiger partial charge on any atom is -0.423 e. The third-order valence-corrected chi connectivity index (χ3v) is 3.52. The van der Waals surface area contributed by atoms with Crippen molar-refractivity contribution in [2.24, 2.45) is 0 Å². The Morgan fingerprint density at radius 3 is 2.29 bits per heavy atom. The third kappa shape index (κ3) is 5.41. The Morgan fingerprint density at radius 2 is 1.83 bits per heavy atom. The van der Waals surface area contributed by atoms with Gasteiger partial charge in [-0.2, -0.15) is 0 Å². The van der Waals surface area contributed by atoms with Gasteiger partial charge in [0.1, 0.15) is 0 Å². The summed E-state index contributed by atoms with van der Waals surface area (Å²) in [5.41, 5.74) is 3.34. The summed E-state index contributed by atoms with van der Waals surface area (Å²) in [6.07, 6.45) is 13.6. The zero-order chi connectivity index (χ0) is 17.9. The molecule has 1 aromatic rings. The van der Waals surface area contributed by atoms with E-state index in [1.54, 1.807) is 18.2 Å². The number of nitrogens with zero attached hydrogens (tertiary/aromatic N) is 1. The van der Waals surface area contributed by atoms with Crippen LogP contribution in [0.5, 0.6) is 0 Å². The molecule has 0 spiro atoms. The molecule has 0 aliphatic rings. The first-order valence-corrected chi connectivity index (χ1v) is 8.13. The van der Waals surface area contributed by atoms with Crippen molar-refractivity contribution in [1.29, 1.82) is 0 Å². The van der Waals surface area contributed by atoms with Crippen LogP contribution in [0.4, 0.5) is 5.69 Å². The van der Waals surface area contributed by atoms with Crippen molar-refractivity contribution in [3.05, 3.63) is 85.3 Å². The zero-order valence-electron chi connectivity index (χ0n) is 14.5. The van der Waals surface area contributed by atoms with E-state index < -0.39 is 7.12 Å². The maximum absolute atomic E-state index is 9.28. The normalized spacial score (nSPS) is 12.3. The van der Waals surface area contributed by atoms with E-state index in [-0.39, 0.29) is 0 Å². The van der Waals surface area contributed by atoms with Crippen LogP contribution >= 0.6 is 0 Å². The van der Waals surface area contributed by atoms with E-state index >= 15 is 0 Å². The molecular weight excluding hydrogens is 297 g/mol. The fourth-order valence-electron chi connectivity index (χ4n) is 2.27. The molecule has 1 aromatic carbocycles. The summed E-state index contributed by atoms with van der Waals surface area (Å²) in [5.74, 6) is 0. The van der Waals surface area contributed by atoms with Gasteiger partial charge < -0.3 is 14.9 Å². The fraction of sp³-hybridized carbons (Fsp3) is 0.200. The third-order valence-electron chi connectivity index (χ3n) is 3.52. The standard InChI is InChI=1S/C20H26BNO2/c1-5-9-11-18(7-3)22(19(8-4)12-10-6-2)20-15-13-17(14-16-20)21(23)24/h5,7-9,11-16,23-24H,1,4,6,10H2,2-3H3/b11-9-,18-7+,19-12+. The number of rotatable bonds is 9. The Labute approximate surface area is 145 Å². The molecular formula is C20H26BNO2. The minimum atomic E-state index is -1.47. The second-order valence-electron chi connectivity index (χ2n) is 5.23. The van der Waals surface area contributed by atoms with Gasteiger partial charge in [0.15, 0.2) is 0 Å². The molecule has 0 aliphatic heterocycles. The fourth-order valence-corrected chi connectivity index (χ4v) is 2.27. The van der Waals surface area contributed by atoms with Crippen LogP contribution in [0, 0.1) is 0 Å². The van der Waals surface area contributed by atoms with Crippen molar-refractivity contribution in [3.8, 4) is 0 Å². The Bertz CT molecular complexity index is 628. The molecule has 4 heteroatoms. The van der Waals surface area contributed by atoms with Gasteiger partial charge in [-0.1, -0.05) is 62.9 Å². The molecule has 0 bridgehead atoms. The first kappa shape index (κ1) is 19.8. The van der Waals surface area contributed by atoms with Gasteiger partial charge in [-0.3, -0.25) is 0 Å². The lowest BCUT2D eigenvalue weighted by atomic mass is 9.80. The van der Waals surface area contributed by atoms with Crippen LogP contribution in [-0.2, 0) is 0 Å². The monoisotopic (exact) mass is 323 g/mol. The lowest BCUT2D eigenvalue weighted by Gasteiger charge is -2.27. The molecule has 1 rings (SSSR count). The predicted molar refractivity (Wildman–Crippen MR) is 105 cm³/mol. The highest BCUT2D eigenvalue weighted by molar-refractivity contribution is 6.58. The van der Waals surface area contributed by atoms with Gasteiger partial charge in [0.25, 0.3) is 0 Å².